The molecular formula is C20H19F4N3O5S. The van der Waals surface area contributed by atoms with E-state index in [9.17, 15) is 35.6 Å². The summed E-state index contributed by atoms with van der Waals surface area (Å²) in [6, 6.07) is 4.45. The zero-order chi connectivity index (χ0) is 24.4. The molecule has 0 aromatic heterocycles. The lowest BCUT2D eigenvalue weighted by atomic mass is 10.2. The normalized spacial score (nSPS) is 16.9. The molecule has 1 aliphatic heterocycles. The van der Waals surface area contributed by atoms with Crippen molar-refractivity contribution >= 4 is 33.4 Å². The number of ether oxygens (including phenoxy) is 1. The Kier molecular flexibility index (Phi) is 6.93. The molecule has 1 heterocycles. The molecule has 13 heteroatoms. The molecule has 0 aliphatic carbocycles. The van der Waals surface area contributed by atoms with Crippen LogP contribution in [0.25, 0.3) is 0 Å². The van der Waals surface area contributed by atoms with E-state index in [4.69, 9.17) is 0 Å². The number of hydrogen-bond donors (Lipinski definition) is 2. The standard InChI is InChI=1S/C20H19F4N3O5S/c1-32-18(28)17-3-2-10-27(17)33(30,31)14-8-9-16(15(21)11-14)26-19(29)25-13-6-4-12(5-7-13)20(22,23)24/h4-9,11,17H,2-3,10H2,1H3,(H2,25,26,29)/t17-/m0/s1. The average molecular weight is 489 g/mol. The number of amides is 2. The van der Waals surface area contributed by atoms with Crippen LogP contribution in [0.2, 0.25) is 0 Å². The van der Waals surface area contributed by atoms with Crippen LogP contribution < -0.4 is 10.6 Å². The molecule has 33 heavy (non-hydrogen) atoms. The molecule has 0 radical (unpaired) electrons. The molecule has 8 nitrogen and oxygen atoms in total. The number of rotatable bonds is 5. The van der Waals surface area contributed by atoms with E-state index >= 15 is 0 Å². The molecule has 0 saturated carbocycles. The topological polar surface area (TPSA) is 105 Å². The fraction of sp³-hybridized carbons (Fsp3) is 0.300. The molecule has 0 unspecified atom stereocenters. The van der Waals surface area contributed by atoms with Crippen molar-refractivity contribution in [3.8, 4) is 0 Å². The van der Waals surface area contributed by atoms with Crippen molar-refractivity contribution in [2.45, 2.75) is 30.0 Å². The molecule has 2 N–H and O–H groups in total. The number of carbonyl (C=O) groups excluding carboxylic acids is 2. The van der Waals surface area contributed by atoms with Crippen LogP contribution in [0, 0.1) is 5.82 Å². The molecule has 1 fully saturated rings. The molecule has 1 aliphatic rings. The third kappa shape index (κ3) is 5.42. The van der Waals surface area contributed by atoms with E-state index in [1.807, 2.05) is 0 Å². The highest BCUT2D eigenvalue weighted by molar-refractivity contribution is 7.89. The smallest absolute Gasteiger partial charge is 0.416 e. The van der Waals surface area contributed by atoms with Gasteiger partial charge in [-0.05, 0) is 55.3 Å². The second kappa shape index (κ2) is 9.35. The van der Waals surface area contributed by atoms with Gasteiger partial charge in [-0.2, -0.15) is 17.5 Å². The van der Waals surface area contributed by atoms with Gasteiger partial charge in [-0.3, -0.25) is 4.79 Å². The number of methoxy groups -OCH3 is 1. The van der Waals surface area contributed by atoms with Crippen molar-refractivity contribution < 1.29 is 40.3 Å². The van der Waals surface area contributed by atoms with Crippen molar-refractivity contribution in [2.24, 2.45) is 0 Å². The number of hydrogen-bond acceptors (Lipinski definition) is 5. The average Bonchev–Trinajstić information content (AvgIpc) is 3.25. The molecule has 2 aromatic carbocycles. The zero-order valence-electron chi connectivity index (χ0n) is 17.1. The van der Waals surface area contributed by atoms with Gasteiger partial charge in [0.1, 0.15) is 11.9 Å². The summed E-state index contributed by atoms with van der Waals surface area (Å²) in [4.78, 5) is 23.5. The van der Waals surface area contributed by atoms with E-state index in [0.717, 1.165) is 47.8 Å². The van der Waals surface area contributed by atoms with Crippen LogP contribution in [0.3, 0.4) is 0 Å². The summed E-state index contributed by atoms with van der Waals surface area (Å²) in [7, 11) is -3.06. The molecule has 2 amide bonds. The maximum atomic E-state index is 14.5. The summed E-state index contributed by atoms with van der Waals surface area (Å²) in [6.07, 6.45) is -3.82. The predicted octanol–water partition coefficient (Wildman–Crippen LogP) is 3.81. The van der Waals surface area contributed by atoms with Crippen LogP contribution in [0.5, 0.6) is 0 Å². The quantitative estimate of drug-likeness (QED) is 0.491. The monoisotopic (exact) mass is 489 g/mol. The summed E-state index contributed by atoms with van der Waals surface area (Å²) in [5.41, 5.74) is -1.23. The number of sulfonamides is 1. The van der Waals surface area contributed by atoms with Crippen molar-refractivity contribution in [1.82, 2.24) is 4.31 Å². The van der Waals surface area contributed by atoms with Crippen LogP contribution in [0.15, 0.2) is 47.4 Å². The van der Waals surface area contributed by atoms with Crippen molar-refractivity contribution in [2.75, 3.05) is 24.3 Å². The van der Waals surface area contributed by atoms with Gasteiger partial charge in [-0.15, -0.1) is 0 Å². The maximum absolute atomic E-state index is 14.5. The van der Waals surface area contributed by atoms with E-state index in [-0.39, 0.29) is 24.3 Å². The Morgan fingerprint density at radius 1 is 1.09 bits per heavy atom. The fourth-order valence-corrected chi connectivity index (χ4v) is 4.98. The van der Waals surface area contributed by atoms with E-state index < -0.39 is 50.5 Å². The number of urea groups is 1. The Hall–Kier alpha value is -3.19. The number of carbonyl (C=O) groups is 2. The van der Waals surface area contributed by atoms with Gasteiger partial charge in [0, 0.05) is 12.2 Å². The number of nitrogens with one attached hydrogen (secondary N) is 2. The van der Waals surface area contributed by atoms with Crippen LogP contribution in [0.1, 0.15) is 18.4 Å². The van der Waals surface area contributed by atoms with Gasteiger partial charge in [-0.1, -0.05) is 0 Å². The fourth-order valence-electron chi connectivity index (χ4n) is 3.32. The molecule has 0 spiro atoms. The largest absolute Gasteiger partial charge is 0.468 e. The van der Waals surface area contributed by atoms with Crippen LogP contribution in [-0.2, 0) is 25.7 Å². The summed E-state index contributed by atoms with van der Waals surface area (Å²) in [5.74, 6) is -1.78. The minimum atomic E-state index is -4.53. The number of esters is 1. The van der Waals surface area contributed by atoms with Crippen molar-refractivity contribution in [3.63, 3.8) is 0 Å². The Balaban J connectivity index is 1.71. The van der Waals surface area contributed by atoms with Crippen molar-refractivity contribution in [3.05, 3.63) is 53.8 Å². The first-order chi connectivity index (χ1) is 15.4. The number of benzene rings is 2. The Morgan fingerprint density at radius 3 is 2.33 bits per heavy atom. The number of halogens is 4. The summed E-state index contributed by atoms with van der Waals surface area (Å²) in [6.45, 7) is 0.0687. The van der Waals surface area contributed by atoms with Gasteiger partial charge in [0.05, 0.1) is 23.3 Å². The first-order valence-corrected chi connectivity index (χ1v) is 11.0. The van der Waals surface area contributed by atoms with Gasteiger partial charge in [-0.25, -0.2) is 17.6 Å². The first-order valence-electron chi connectivity index (χ1n) is 9.58. The lowest BCUT2D eigenvalue weighted by molar-refractivity contribution is -0.144. The predicted molar refractivity (Wildman–Crippen MR) is 109 cm³/mol. The zero-order valence-corrected chi connectivity index (χ0v) is 18.0. The molecule has 0 bridgehead atoms. The minimum absolute atomic E-state index is 0.0305. The molecule has 1 atom stereocenters. The highest BCUT2D eigenvalue weighted by Crippen LogP contribution is 2.30. The second-order valence-electron chi connectivity index (χ2n) is 7.09. The maximum Gasteiger partial charge on any atom is 0.416 e. The molecular weight excluding hydrogens is 470 g/mol. The Morgan fingerprint density at radius 2 is 1.76 bits per heavy atom. The second-order valence-corrected chi connectivity index (χ2v) is 8.98. The van der Waals surface area contributed by atoms with Crippen LogP contribution in [0.4, 0.5) is 33.7 Å². The lowest BCUT2D eigenvalue weighted by Gasteiger charge is -2.22. The molecule has 178 valence electrons. The van der Waals surface area contributed by atoms with E-state index in [1.54, 1.807) is 0 Å². The third-order valence-electron chi connectivity index (χ3n) is 4.94. The molecule has 1 saturated heterocycles. The number of anilines is 2. The highest BCUT2D eigenvalue weighted by Gasteiger charge is 2.40. The third-order valence-corrected chi connectivity index (χ3v) is 6.85. The summed E-state index contributed by atoms with van der Waals surface area (Å²) in [5, 5.41) is 4.41. The van der Waals surface area contributed by atoms with Crippen LogP contribution in [-0.4, -0.2) is 44.4 Å². The van der Waals surface area contributed by atoms with E-state index in [2.05, 4.69) is 15.4 Å². The van der Waals surface area contributed by atoms with Gasteiger partial charge >= 0.3 is 18.2 Å². The molecule has 3 rings (SSSR count). The lowest BCUT2D eigenvalue weighted by Crippen LogP contribution is -2.41. The van der Waals surface area contributed by atoms with Gasteiger partial charge < -0.3 is 15.4 Å². The van der Waals surface area contributed by atoms with Crippen LogP contribution >= 0.6 is 0 Å². The Labute approximate surface area is 186 Å². The summed E-state index contributed by atoms with van der Waals surface area (Å²) < 4.78 is 83.6. The highest BCUT2D eigenvalue weighted by atomic mass is 32.2. The SMILES string of the molecule is COC(=O)[C@@H]1CCCN1S(=O)(=O)c1ccc(NC(=O)Nc2ccc(C(F)(F)F)cc2)c(F)c1. The molecule has 2 aromatic rings. The van der Waals surface area contributed by atoms with Gasteiger partial charge in [0.25, 0.3) is 0 Å². The first kappa shape index (κ1) is 24.5. The van der Waals surface area contributed by atoms with Gasteiger partial charge in [0.2, 0.25) is 10.0 Å². The van der Waals surface area contributed by atoms with E-state index in [0.29, 0.717) is 12.5 Å². The number of alkyl halides is 3. The Bertz CT molecular complexity index is 1150. The number of nitrogens with zero attached hydrogens (tertiary/aromatic N) is 1. The van der Waals surface area contributed by atoms with E-state index in [1.165, 1.54) is 0 Å². The van der Waals surface area contributed by atoms with Gasteiger partial charge in [0.15, 0.2) is 0 Å². The van der Waals surface area contributed by atoms with Crippen molar-refractivity contribution in [1.29, 1.82) is 0 Å². The minimum Gasteiger partial charge on any atom is -0.468 e. The summed E-state index contributed by atoms with van der Waals surface area (Å²) >= 11 is 0.